The SMILES string of the molecule is CONC1(C)CCCC1(C)O. The highest BCUT2D eigenvalue weighted by Crippen LogP contribution is 2.38. The van der Waals surface area contributed by atoms with Crippen LogP contribution >= 0.6 is 0 Å². The molecule has 3 nitrogen and oxygen atoms in total. The number of hydroxylamine groups is 1. The van der Waals surface area contributed by atoms with E-state index in [1.165, 1.54) is 0 Å². The van der Waals surface area contributed by atoms with Crippen LogP contribution in [0.4, 0.5) is 0 Å². The molecule has 0 heterocycles. The lowest BCUT2D eigenvalue weighted by Gasteiger charge is -2.36. The topological polar surface area (TPSA) is 41.5 Å². The summed E-state index contributed by atoms with van der Waals surface area (Å²) in [6, 6.07) is 0. The Morgan fingerprint density at radius 2 is 2.00 bits per heavy atom. The molecule has 0 radical (unpaired) electrons. The minimum atomic E-state index is -0.636. The van der Waals surface area contributed by atoms with E-state index in [2.05, 4.69) is 5.48 Å². The van der Waals surface area contributed by atoms with Crippen molar-refractivity contribution in [3.05, 3.63) is 0 Å². The van der Waals surface area contributed by atoms with Crippen molar-refractivity contribution >= 4 is 0 Å². The molecule has 0 amide bonds. The second-order valence-electron chi connectivity index (χ2n) is 3.77. The Labute approximate surface area is 67.7 Å². The zero-order chi connectivity index (χ0) is 8.54. The van der Waals surface area contributed by atoms with Crippen LogP contribution in [0.25, 0.3) is 0 Å². The summed E-state index contributed by atoms with van der Waals surface area (Å²) in [6.45, 7) is 3.84. The van der Waals surface area contributed by atoms with E-state index in [-0.39, 0.29) is 5.54 Å². The third-order valence-corrected chi connectivity index (χ3v) is 2.86. The van der Waals surface area contributed by atoms with Gasteiger partial charge in [0.05, 0.1) is 18.2 Å². The van der Waals surface area contributed by atoms with Gasteiger partial charge in [-0.25, -0.2) is 0 Å². The third-order valence-electron chi connectivity index (χ3n) is 2.86. The quantitative estimate of drug-likeness (QED) is 0.586. The molecular weight excluding hydrogens is 142 g/mol. The Kier molecular flexibility index (Phi) is 2.23. The largest absolute Gasteiger partial charge is 0.388 e. The van der Waals surface area contributed by atoms with Gasteiger partial charge in [-0.2, -0.15) is 5.48 Å². The van der Waals surface area contributed by atoms with Crippen LogP contribution in [0.5, 0.6) is 0 Å². The molecule has 2 unspecified atom stereocenters. The van der Waals surface area contributed by atoms with Gasteiger partial charge in [0.15, 0.2) is 0 Å². The van der Waals surface area contributed by atoms with Crippen LogP contribution in [0.2, 0.25) is 0 Å². The zero-order valence-electron chi connectivity index (χ0n) is 7.48. The van der Waals surface area contributed by atoms with Gasteiger partial charge in [-0.1, -0.05) is 0 Å². The maximum Gasteiger partial charge on any atom is 0.0820 e. The van der Waals surface area contributed by atoms with Crippen molar-refractivity contribution in [2.45, 2.75) is 44.2 Å². The molecule has 2 N–H and O–H groups in total. The smallest absolute Gasteiger partial charge is 0.0820 e. The monoisotopic (exact) mass is 159 g/mol. The standard InChI is InChI=1S/C8H17NO2/c1-7(9-11-3)5-4-6-8(7,2)10/h9-10H,4-6H2,1-3H3. The fourth-order valence-electron chi connectivity index (χ4n) is 1.72. The molecule has 0 aliphatic heterocycles. The van der Waals surface area contributed by atoms with Gasteiger partial charge in [0, 0.05) is 0 Å². The van der Waals surface area contributed by atoms with Gasteiger partial charge < -0.3 is 9.94 Å². The van der Waals surface area contributed by atoms with E-state index in [0.717, 1.165) is 19.3 Å². The zero-order valence-corrected chi connectivity index (χ0v) is 7.48. The number of aliphatic hydroxyl groups is 1. The second kappa shape index (κ2) is 2.73. The van der Waals surface area contributed by atoms with E-state index in [0.29, 0.717) is 0 Å². The van der Waals surface area contributed by atoms with Gasteiger partial charge in [0.1, 0.15) is 0 Å². The van der Waals surface area contributed by atoms with Crippen molar-refractivity contribution in [1.29, 1.82) is 0 Å². The summed E-state index contributed by atoms with van der Waals surface area (Å²) in [5.41, 5.74) is 1.95. The molecule has 0 aromatic rings. The fourth-order valence-corrected chi connectivity index (χ4v) is 1.72. The van der Waals surface area contributed by atoms with Crippen molar-refractivity contribution in [2.75, 3.05) is 7.11 Å². The summed E-state index contributed by atoms with van der Waals surface area (Å²) >= 11 is 0. The van der Waals surface area contributed by atoms with Gasteiger partial charge in [-0.05, 0) is 33.1 Å². The molecule has 1 rings (SSSR count). The van der Waals surface area contributed by atoms with E-state index in [4.69, 9.17) is 4.84 Å². The molecule has 1 fully saturated rings. The van der Waals surface area contributed by atoms with Crippen molar-refractivity contribution in [3.8, 4) is 0 Å². The predicted molar refractivity (Wildman–Crippen MR) is 43.0 cm³/mol. The lowest BCUT2D eigenvalue weighted by molar-refractivity contribution is -0.0815. The number of nitrogens with one attached hydrogen (secondary N) is 1. The van der Waals surface area contributed by atoms with Gasteiger partial charge >= 0.3 is 0 Å². The molecule has 11 heavy (non-hydrogen) atoms. The Bertz CT molecular complexity index is 147. The molecule has 0 aromatic carbocycles. The lowest BCUT2D eigenvalue weighted by atomic mass is 9.87. The third kappa shape index (κ3) is 1.41. The van der Waals surface area contributed by atoms with Crippen molar-refractivity contribution < 1.29 is 9.94 Å². The molecule has 0 bridgehead atoms. The first-order chi connectivity index (χ1) is 5.02. The molecule has 1 saturated carbocycles. The summed E-state index contributed by atoms with van der Waals surface area (Å²) in [5, 5.41) is 9.90. The second-order valence-corrected chi connectivity index (χ2v) is 3.77. The summed E-state index contributed by atoms with van der Waals surface area (Å²) in [4.78, 5) is 4.85. The maximum atomic E-state index is 9.90. The molecule has 0 spiro atoms. The highest BCUT2D eigenvalue weighted by atomic mass is 16.6. The highest BCUT2D eigenvalue weighted by Gasteiger charge is 2.47. The first-order valence-corrected chi connectivity index (χ1v) is 4.04. The highest BCUT2D eigenvalue weighted by molar-refractivity contribution is 5.03. The Balaban J connectivity index is 2.68. The van der Waals surface area contributed by atoms with E-state index < -0.39 is 5.60 Å². The van der Waals surface area contributed by atoms with Crippen molar-refractivity contribution in [2.24, 2.45) is 0 Å². The summed E-state index contributed by atoms with van der Waals surface area (Å²) < 4.78 is 0. The van der Waals surface area contributed by atoms with E-state index >= 15 is 0 Å². The average molecular weight is 159 g/mol. The minimum absolute atomic E-state index is 0.276. The van der Waals surface area contributed by atoms with Crippen LogP contribution in [0, 0.1) is 0 Å². The van der Waals surface area contributed by atoms with Crippen molar-refractivity contribution in [3.63, 3.8) is 0 Å². The number of hydrogen-bond acceptors (Lipinski definition) is 3. The Morgan fingerprint density at radius 3 is 2.36 bits per heavy atom. The minimum Gasteiger partial charge on any atom is -0.388 e. The average Bonchev–Trinajstić information content (AvgIpc) is 2.09. The van der Waals surface area contributed by atoms with Crippen LogP contribution in [0.1, 0.15) is 33.1 Å². The maximum absolute atomic E-state index is 9.90. The van der Waals surface area contributed by atoms with Crippen LogP contribution in [0.3, 0.4) is 0 Å². The number of rotatable bonds is 2. The van der Waals surface area contributed by atoms with Crippen LogP contribution < -0.4 is 5.48 Å². The Hall–Kier alpha value is -0.120. The van der Waals surface area contributed by atoms with Gasteiger partial charge in [-0.15, -0.1) is 0 Å². The van der Waals surface area contributed by atoms with E-state index in [1.807, 2.05) is 13.8 Å². The predicted octanol–water partition coefficient (Wildman–Crippen LogP) is 0.831. The van der Waals surface area contributed by atoms with E-state index in [9.17, 15) is 5.11 Å². The van der Waals surface area contributed by atoms with Crippen molar-refractivity contribution in [1.82, 2.24) is 5.48 Å². The number of hydrogen-bond donors (Lipinski definition) is 2. The molecule has 1 aliphatic rings. The molecule has 66 valence electrons. The van der Waals surface area contributed by atoms with Crippen LogP contribution in [-0.2, 0) is 4.84 Å². The first kappa shape index (κ1) is 8.97. The molecule has 2 atom stereocenters. The summed E-state index contributed by atoms with van der Waals surface area (Å²) in [6.07, 6.45) is 2.87. The van der Waals surface area contributed by atoms with Gasteiger partial charge in [0.25, 0.3) is 0 Å². The molecular formula is C8H17NO2. The van der Waals surface area contributed by atoms with Crippen LogP contribution in [0.15, 0.2) is 0 Å². The molecule has 3 heteroatoms. The normalized spacial score (nSPS) is 44.7. The van der Waals surface area contributed by atoms with Gasteiger partial charge in [-0.3, -0.25) is 0 Å². The lowest BCUT2D eigenvalue weighted by Crippen LogP contribution is -2.55. The van der Waals surface area contributed by atoms with E-state index in [1.54, 1.807) is 7.11 Å². The molecule has 0 aromatic heterocycles. The van der Waals surface area contributed by atoms with Gasteiger partial charge in [0.2, 0.25) is 0 Å². The first-order valence-electron chi connectivity index (χ1n) is 4.04. The summed E-state index contributed by atoms with van der Waals surface area (Å²) in [5.74, 6) is 0. The molecule has 1 aliphatic carbocycles. The molecule has 0 saturated heterocycles. The Morgan fingerprint density at radius 1 is 1.36 bits per heavy atom. The fraction of sp³-hybridized carbons (Fsp3) is 1.00. The van der Waals surface area contributed by atoms with Crippen LogP contribution in [-0.4, -0.2) is 23.4 Å². The summed E-state index contributed by atoms with van der Waals surface area (Å²) in [7, 11) is 1.58.